The molecule has 46 heavy (non-hydrogen) atoms. The highest BCUT2D eigenvalue weighted by molar-refractivity contribution is 7.86. The van der Waals surface area contributed by atoms with Crippen molar-refractivity contribution in [1.82, 2.24) is 9.13 Å². The van der Waals surface area contributed by atoms with Gasteiger partial charge in [-0.3, -0.25) is 0 Å². The van der Waals surface area contributed by atoms with Crippen LogP contribution in [0, 0.1) is 0 Å². The lowest BCUT2D eigenvalue weighted by molar-refractivity contribution is 0.593. The average Bonchev–Trinajstić information content (AvgIpc) is 3.73. The van der Waals surface area contributed by atoms with Gasteiger partial charge in [0, 0.05) is 54.4 Å². The Hall–Kier alpha value is -5.63. The van der Waals surface area contributed by atoms with Crippen LogP contribution in [0.2, 0.25) is 0 Å². The fraction of sp³-hybridized carbons (Fsp3) is 0. The maximum Gasteiger partial charge on any atom is 0.172 e. The third-order valence-electron chi connectivity index (χ3n) is 9.72. The molecule has 0 amide bonds. The van der Waals surface area contributed by atoms with Crippen molar-refractivity contribution in [3.63, 3.8) is 0 Å². The number of aromatic nitrogens is 2. The largest absolute Gasteiger partial charge is 0.309 e. The van der Waals surface area contributed by atoms with E-state index in [4.69, 9.17) is 0 Å². The molecule has 1 unspecified atom stereocenters. The van der Waals surface area contributed by atoms with Crippen molar-refractivity contribution >= 4 is 66.7 Å². The van der Waals surface area contributed by atoms with Gasteiger partial charge in [-0.1, -0.05) is 121 Å². The third kappa shape index (κ3) is 3.30. The molecule has 1 atom stereocenters. The van der Waals surface area contributed by atoms with Gasteiger partial charge in [0.05, 0.1) is 22.1 Å². The smallest absolute Gasteiger partial charge is 0.172 e. The van der Waals surface area contributed by atoms with Gasteiger partial charge in [-0.25, -0.2) is 0 Å². The van der Waals surface area contributed by atoms with E-state index in [1.165, 1.54) is 21.7 Å². The number of hydrogen-bond donors (Lipinski definition) is 0. The van der Waals surface area contributed by atoms with Crippen LogP contribution in [0.5, 0.6) is 0 Å². The topological polar surface area (TPSA) is 26.9 Å². The van der Waals surface area contributed by atoms with Gasteiger partial charge in [0.2, 0.25) is 0 Å². The van der Waals surface area contributed by atoms with Crippen molar-refractivity contribution in [1.29, 1.82) is 0 Å². The summed E-state index contributed by atoms with van der Waals surface area (Å²) in [7, 11) is -3.09. The van der Waals surface area contributed by atoms with Gasteiger partial charge in [-0.15, -0.1) is 0 Å². The van der Waals surface area contributed by atoms with E-state index in [1.54, 1.807) is 0 Å². The number of hydrogen-bond acceptors (Lipinski definition) is 1. The SMILES string of the molecule is O=P1(c2ccccc2)c2ccccc2-c2c1ccc1c3ccccc3n(-c3ccc4c5ccccc5n(-c5ccccc5)c4c3)c21. The highest BCUT2D eigenvalue weighted by Crippen LogP contribution is 2.54. The van der Waals surface area contributed by atoms with Crippen LogP contribution in [-0.2, 0) is 4.57 Å². The fourth-order valence-electron chi connectivity index (χ4n) is 7.80. The number of rotatable bonds is 3. The van der Waals surface area contributed by atoms with Gasteiger partial charge < -0.3 is 13.7 Å². The minimum Gasteiger partial charge on any atom is -0.309 e. The van der Waals surface area contributed by atoms with Gasteiger partial charge >= 0.3 is 0 Å². The summed E-state index contributed by atoms with van der Waals surface area (Å²) >= 11 is 0. The van der Waals surface area contributed by atoms with Crippen LogP contribution < -0.4 is 15.9 Å². The van der Waals surface area contributed by atoms with Gasteiger partial charge in [0.25, 0.3) is 0 Å². The van der Waals surface area contributed by atoms with Crippen LogP contribution >= 0.6 is 7.14 Å². The summed E-state index contributed by atoms with van der Waals surface area (Å²) in [4.78, 5) is 0. The molecular weight excluding hydrogens is 579 g/mol. The Kier molecular flexibility index (Phi) is 5.27. The molecule has 0 aliphatic carbocycles. The summed E-state index contributed by atoms with van der Waals surface area (Å²) in [5, 5.41) is 7.49. The molecule has 7 aromatic carbocycles. The molecule has 0 N–H and O–H groups in total. The first-order chi connectivity index (χ1) is 22.7. The lowest BCUT2D eigenvalue weighted by Gasteiger charge is -2.16. The van der Waals surface area contributed by atoms with Gasteiger partial charge in [0.1, 0.15) is 0 Å². The predicted molar refractivity (Wildman–Crippen MR) is 194 cm³/mol. The number of fused-ring (bicyclic) bond motifs is 10. The normalized spacial score (nSPS) is 15.6. The summed E-state index contributed by atoms with van der Waals surface area (Å²) in [5.74, 6) is 0. The van der Waals surface area contributed by atoms with E-state index >= 15 is 4.57 Å². The molecule has 0 radical (unpaired) electrons. The fourth-order valence-corrected chi connectivity index (χ4v) is 10.9. The Bertz CT molecular complexity index is 2720. The molecule has 0 spiro atoms. The van der Waals surface area contributed by atoms with Gasteiger partial charge in [-0.05, 0) is 48.0 Å². The lowest BCUT2D eigenvalue weighted by Crippen LogP contribution is -2.20. The summed E-state index contributed by atoms with van der Waals surface area (Å²) < 4.78 is 20.2. The molecule has 1 aliphatic heterocycles. The third-order valence-corrected chi connectivity index (χ3v) is 12.9. The standard InChI is InChI=1S/C42H27N2OP/c45-46(30-15-5-2-6-16-30)39-22-12-9-19-35(39)41-40(46)26-25-34-32-18-8-11-21-37(32)44(42(34)41)29-23-24-33-31-17-7-10-20-36(31)43(38(33)27-29)28-13-3-1-4-14-28/h1-27H. The minimum absolute atomic E-state index is 0.872. The van der Waals surface area contributed by atoms with E-state index in [-0.39, 0.29) is 0 Å². The zero-order valence-corrected chi connectivity index (χ0v) is 25.7. The summed E-state index contributed by atoms with van der Waals surface area (Å²) in [6.07, 6.45) is 0. The Morgan fingerprint density at radius 3 is 1.78 bits per heavy atom. The first kappa shape index (κ1) is 25.7. The average molecular weight is 607 g/mol. The van der Waals surface area contributed by atoms with Crippen molar-refractivity contribution < 1.29 is 4.57 Å². The van der Waals surface area contributed by atoms with Crippen molar-refractivity contribution in [2.24, 2.45) is 0 Å². The second-order valence-corrected chi connectivity index (χ2v) is 14.8. The molecule has 9 aromatic rings. The van der Waals surface area contributed by atoms with Crippen molar-refractivity contribution in [2.45, 2.75) is 0 Å². The zero-order chi connectivity index (χ0) is 30.4. The van der Waals surface area contributed by atoms with Gasteiger partial charge in [-0.2, -0.15) is 0 Å². The molecule has 1 aliphatic rings. The molecule has 0 fully saturated rings. The Labute approximate surface area is 266 Å². The molecule has 0 saturated carbocycles. The first-order valence-electron chi connectivity index (χ1n) is 15.6. The van der Waals surface area contributed by atoms with E-state index in [1.807, 2.05) is 36.4 Å². The van der Waals surface area contributed by atoms with E-state index in [9.17, 15) is 0 Å². The minimum atomic E-state index is -3.09. The van der Waals surface area contributed by atoms with E-state index in [0.29, 0.717) is 0 Å². The quantitative estimate of drug-likeness (QED) is 0.184. The Morgan fingerprint density at radius 1 is 0.413 bits per heavy atom. The Morgan fingerprint density at radius 2 is 1.00 bits per heavy atom. The van der Waals surface area contributed by atoms with E-state index in [0.717, 1.165) is 60.4 Å². The molecular formula is C42H27N2OP. The molecule has 2 aromatic heterocycles. The molecule has 0 bridgehead atoms. The molecule has 3 heterocycles. The first-order valence-corrected chi connectivity index (χ1v) is 17.4. The Balaban J connectivity index is 1.35. The summed E-state index contributed by atoms with van der Waals surface area (Å²) in [5.41, 5.74) is 8.89. The van der Waals surface area contributed by atoms with Crippen molar-refractivity contribution in [3.05, 3.63) is 164 Å². The maximum atomic E-state index is 15.4. The number of nitrogens with zero attached hydrogens (tertiary/aromatic N) is 2. The molecule has 0 saturated heterocycles. The second kappa shape index (κ2) is 9.44. The summed E-state index contributed by atoms with van der Waals surface area (Å²) in [6, 6.07) is 57.3. The van der Waals surface area contributed by atoms with E-state index < -0.39 is 7.14 Å². The monoisotopic (exact) mass is 606 g/mol. The van der Waals surface area contributed by atoms with Crippen LogP contribution in [0.1, 0.15) is 0 Å². The lowest BCUT2D eigenvalue weighted by atomic mass is 10.0. The highest BCUT2D eigenvalue weighted by atomic mass is 31.2. The van der Waals surface area contributed by atoms with Crippen molar-refractivity contribution in [3.8, 4) is 22.5 Å². The molecule has 4 heteroatoms. The maximum absolute atomic E-state index is 15.4. The van der Waals surface area contributed by atoms with Crippen LogP contribution in [0.25, 0.3) is 66.1 Å². The highest BCUT2D eigenvalue weighted by Gasteiger charge is 2.41. The second-order valence-electron chi connectivity index (χ2n) is 12.1. The van der Waals surface area contributed by atoms with E-state index in [2.05, 4.69) is 137 Å². The van der Waals surface area contributed by atoms with Crippen LogP contribution in [0.4, 0.5) is 0 Å². The molecule has 10 rings (SSSR count). The van der Waals surface area contributed by atoms with Gasteiger partial charge in [0.15, 0.2) is 7.14 Å². The molecule has 3 nitrogen and oxygen atoms in total. The van der Waals surface area contributed by atoms with Crippen molar-refractivity contribution in [2.75, 3.05) is 0 Å². The summed E-state index contributed by atoms with van der Waals surface area (Å²) in [6.45, 7) is 0. The molecule has 216 valence electrons. The van der Waals surface area contributed by atoms with Crippen LogP contribution in [-0.4, -0.2) is 9.13 Å². The zero-order valence-electron chi connectivity index (χ0n) is 24.8. The number of benzene rings is 7. The predicted octanol–water partition coefficient (Wildman–Crippen LogP) is 9.50. The van der Waals surface area contributed by atoms with Crippen LogP contribution in [0.3, 0.4) is 0 Å². The number of para-hydroxylation sites is 3. The van der Waals surface area contributed by atoms with Crippen LogP contribution in [0.15, 0.2) is 164 Å².